The van der Waals surface area contributed by atoms with Gasteiger partial charge in [0, 0.05) is 10.5 Å². The normalized spacial score (nSPS) is 10.5. The van der Waals surface area contributed by atoms with Gasteiger partial charge in [0.05, 0.1) is 0 Å². The highest BCUT2D eigenvalue weighted by molar-refractivity contribution is 9.10. The minimum absolute atomic E-state index is 0.133. The van der Waals surface area contributed by atoms with Crippen molar-refractivity contribution in [2.24, 2.45) is 0 Å². The number of aryl methyl sites for hydroxylation is 1. The molecule has 2 aromatic rings. The van der Waals surface area contributed by atoms with Gasteiger partial charge in [-0.3, -0.25) is 4.79 Å². The summed E-state index contributed by atoms with van der Waals surface area (Å²) in [5.41, 5.74) is 1.78. The van der Waals surface area contributed by atoms with Crippen molar-refractivity contribution in [3.05, 3.63) is 62.1 Å². The zero-order valence-corrected chi connectivity index (χ0v) is 11.9. The largest absolute Gasteiger partial charge is 0.482 e. The molecule has 100 valence electrons. The Morgan fingerprint density at radius 2 is 2.16 bits per heavy atom. The van der Waals surface area contributed by atoms with Crippen molar-refractivity contribution in [2.75, 3.05) is 0 Å². The smallest absolute Gasteiger partial charge is 0.227 e. The number of halogens is 1. The van der Waals surface area contributed by atoms with Crippen LogP contribution >= 0.6 is 15.9 Å². The molecule has 0 radical (unpaired) electrons. The summed E-state index contributed by atoms with van der Waals surface area (Å²) in [5, 5.41) is 8.84. The number of benzene rings is 1. The molecule has 0 spiro atoms. The molecule has 0 bridgehead atoms. The highest BCUT2D eigenvalue weighted by atomic mass is 79.9. The predicted molar refractivity (Wildman–Crippen MR) is 74.1 cm³/mol. The Labute approximate surface area is 118 Å². The van der Waals surface area contributed by atoms with Gasteiger partial charge in [-0.1, -0.05) is 28.1 Å². The third-order valence-corrected chi connectivity index (χ3v) is 3.49. The van der Waals surface area contributed by atoms with Crippen molar-refractivity contribution in [2.45, 2.75) is 20.1 Å². The first-order valence-electron chi connectivity index (χ1n) is 5.70. The van der Waals surface area contributed by atoms with Gasteiger partial charge in [-0.05, 0) is 24.1 Å². The number of aliphatic hydroxyl groups is 1. The summed E-state index contributed by atoms with van der Waals surface area (Å²) in [7, 11) is 0. The van der Waals surface area contributed by atoms with Gasteiger partial charge in [0.15, 0.2) is 0 Å². The molecule has 2 rings (SSSR count). The minimum Gasteiger partial charge on any atom is -0.482 e. The van der Waals surface area contributed by atoms with Crippen LogP contribution in [0.5, 0.6) is 5.75 Å². The molecule has 1 N–H and O–H groups in total. The molecule has 0 atom stereocenters. The Bertz CT molecular complexity index is 634. The second-order valence-electron chi connectivity index (χ2n) is 4.11. The molecule has 4 nitrogen and oxygen atoms in total. The molecule has 5 heteroatoms. The minimum atomic E-state index is -0.305. The Balaban J connectivity index is 2.10. The fraction of sp³-hybridized carbons (Fsp3) is 0.214. The van der Waals surface area contributed by atoms with E-state index >= 15 is 0 Å². The molecule has 1 heterocycles. The van der Waals surface area contributed by atoms with Crippen molar-refractivity contribution in [1.82, 2.24) is 0 Å². The van der Waals surface area contributed by atoms with Crippen LogP contribution in [0, 0.1) is 6.92 Å². The van der Waals surface area contributed by atoms with Crippen molar-refractivity contribution in [1.29, 1.82) is 0 Å². The van der Waals surface area contributed by atoms with Crippen LogP contribution in [0.3, 0.4) is 0 Å². The Hall–Kier alpha value is -1.59. The van der Waals surface area contributed by atoms with Crippen LogP contribution < -0.4 is 10.2 Å². The van der Waals surface area contributed by atoms with Gasteiger partial charge < -0.3 is 14.3 Å². The van der Waals surface area contributed by atoms with Crippen LogP contribution in [0.4, 0.5) is 0 Å². The van der Waals surface area contributed by atoms with Crippen LogP contribution in [0.25, 0.3) is 0 Å². The van der Waals surface area contributed by atoms with Crippen LogP contribution in [0.2, 0.25) is 0 Å². The lowest BCUT2D eigenvalue weighted by atomic mass is 10.2. The maximum absolute atomic E-state index is 11.6. The number of hydrogen-bond acceptors (Lipinski definition) is 4. The summed E-state index contributed by atoms with van der Waals surface area (Å²) in [6, 6.07) is 7.07. The molecule has 1 aromatic carbocycles. The SMILES string of the molecule is Cc1ccc(COc2coc(CO)cc2=O)cc1Br. The van der Waals surface area contributed by atoms with Crippen molar-refractivity contribution < 1.29 is 14.3 Å². The van der Waals surface area contributed by atoms with Gasteiger partial charge in [-0.15, -0.1) is 0 Å². The number of ether oxygens (including phenoxy) is 1. The molecule has 0 unspecified atom stereocenters. The molecular formula is C14H13BrO4. The monoisotopic (exact) mass is 324 g/mol. The van der Waals surface area contributed by atoms with Gasteiger partial charge >= 0.3 is 0 Å². The van der Waals surface area contributed by atoms with E-state index in [1.54, 1.807) is 0 Å². The highest BCUT2D eigenvalue weighted by Crippen LogP contribution is 2.18. The summed E-state index contributed by atoms with van der Waals surface area (Å²) in [6.45, 7) is 1.97. The maximum atomic E-state index is 11.6. The lowest BCUT2D eigenvalue weighted by Crippen LogP contribution is -2.08. The van der Waals surface area contributed by atoms with E-state index in [9.17, 15) is 4.79 Å². The van der Waals surface area contributed by atoms with E-state index in [1.807, 2.05) is 25.1 Å². The molecule has 0 aliphatic heterocycles. The fourth-order valence-electron chi connectivity index (χ4n) is 1.51. The van der Waals surface area contributed by atoms with Gasteiger partial charge in [-0.25, -0.2) is 0 Å². The molecule has 19 heavy (non-hydrogen) atoms. The van der Waals surface area contributed by atoms with Crippen LogP contribution in [0.15, 0.2) is 44.2 Å². The number of rotatable bonds is 4. The van der Waals surface area contributed by atoms with E-state index in [2.05, 4.69) is 15.9 Å². The molecule has 0 saturated carbocycles. The van der Waals surface area contributed by atoms with Crippen LogP contribution in [0.1, 0.15) is 16.9 Å². The zero-order valence-electron chi connectivity index (χ0n) is 10.4. The summed E-state index contributed by atoms with van der Waals surface area (Å²) in [4.78, 5) is 11.6. The van der Waals surface area contributed by atoms with Crippen molar-refractivity contribution >= 4 is 15.9 Å². The average Bonchev–Trinajstić information content (AvgIpc) is 2.41. The standard InChI is InChI=1S/C14H13BrO4/c1-9-2-3-10(4-12(9)15)7-19-14-8-18-11(6-16)5-13(14)17/h2-5,8,16H,6-7H2,1H3. The summed E-state index contributed by atoms with van der Waals surface area (Å²) in [6.07, 6.45) is 1.22. The lowest BCUT2D eigenvalue weighted by molar-refractivity contribution is 0.236. The summed E-state index contributed by atoms with van der Waals surface area (Å²) < 4.78 is 11.4. The van der Waals surface area contributed by atoms with E-state index < -0.39 is 0 Å². The molecular weight excluding hydrogens is 312 g/mol. The van der Waals surface area contributed by atoms with Crippen LogP contribution in [-0.2, 0) is 13.2 Å². The van der Waals surface area contributed by atoms with E-state index in [-0.39, 0.29) is 30.2 Å². The first-order chi connectivity index (χ1) is 9.10. The quantitative estimate of drug-likeness (QED) is 0.939. The molecule has 0 saturated heterocycles. The third kappa shape index (κ3) is 3.45. The summed E-state index contributed by atoms with van der Waals surface area (Å²) >= 11 is 3.44. The third-order valence-electron chi connectivity index (χ3n) is 2.64. The van der Waals surface area contributed by atoms with E-state index in [4.69, 9.17) is 14.3 Å². The second kappa shape index (κ2) is 6.04. The Morgan fingerprint density at radius 1 is 1.37 bits per heavy atom. The molecule has 1 aromatic heterocycles. The van der Waals surface area contributed by atoms with Gasteiger partial charge in [0.25, 0.3) is 0 Å². The van der Waals surface area contributed by atoms with E-state index in [0.29, 0.717) is 0 Å². The Kier molecular flexibility index (Phi) is 4.39. The Morgan fingerprint density at radius 3 is 2.79 bits per heavy atom. The molecule has 0 fully saturated rings. The molecule has 0 aliphatic rings. The number of aliphatic hydroxyl groups excluding tert-OH is 1. The second-order valence-corrected chi connectivity index (χ2v) is 4.96. The average molecular weight is 325 g/mol. The lowest BCUT2D eigenvalue weighted by Gasteiger charge is -2.07. The van der Waals surface area contributed by atoms with Gasteiger partial charge in [0.1, 0.15) is 25.2 Å². The molecule has 0 aliphatic carbocycles. The van der Waals surface area contributed by atoms with E-state index in [1.165, 1.54) is 12.3 Å². The van der Waals surface area contributed by atoms with Crippen LogP contribution in [-0.4, -0.2) is 5.11 Å². The zero-order chi connectivity index (χ0) is 13.8. The first kappa shape index (κ1) is 13.8. The maximum Gasteiger partial charge on any atom is 0.227 e. The van der Waals surface area contributed by atoms with Gasteiger partial charge in [0.2, 0.25) is 11.2 Å². The van der Waals surface area contributed by atoms with Crippen molar-refractivity contribution in [3.63, 3.8) is 0 Å². The van der Waals surface area contributed by atoms with Crippen molar-refractivity contribution in [3.8, 4) is 5.75 Å². The molecule has 0 amide bonds. The first-order valence-corrected chi connectivity index (χ1v) is 6.50. The predicted octanol–water partition coefficient (Wildman–Crippen LogP) is 2.78. The van der Waals surface area contributed by atoms with E-state index in [0.717, 1.165) is 15.6 Å². The summed E-state index contributed by atoms with van der Waals surface area (Å²) in [5.74, 6) is 0.351. The fourth-order valence-corrected chi connectivity index (χ4v) is 1.94. The topological polar surface area (TPSA) is 59.7 Å². The highest BCUT2D eigenvalue weighted by Gasteiger charge is 2.05. The number of hydrogen-bond donors (Lipinski definition) is 1. The van der Waals surface area contributed by atoms with Gasteiger partial charge in [-0.2, -0.15) is 0 Å².